The first-order chi connectivity index (χ1) is 7.09. The minimum absolute atomic E-state index is 0.0999. The molecule has 86 valence electrons. The molecule has 15 heavy (non-hydrogen) atoms. The van der Waals surface area contributed by atoms with E-state index in [0.29, 0.717) is 4.91 Å². The molecule has 3 nitrogen and oxygen atoms in total. The van der Waals surface area contributed by atoms with Crippen LogP contribution in [0.3, 0.4) is 0 Å². The van der Waals surface area contributed by atoms with Gasteiger partial charge in [0.1, 0.15) is 0 Å². The zero-order valence-corrected chi connectivity index (χ0v) is 10.1. The molecule has 0 aromatic carbocycles. The number of rotatable bonds is 0. The molecule has 4 heteroatoms. The van der Waals surface area contributed by atoms with Crippen molar-refractivity contribution in [2.24, 2.45) is 0 Å². The highest BCUT2D eigenvalue weighted by Gasteiger charge is 2.28. The molecule has 0 bridgehead atoms. The molecule has 1 heterocycles. The van der Waals surface area contributed by atoms with Crippen LogP contribution >= 0.6 is 0 Å². The highest BCUT2D eigenvalue weighted by Crippen LogP contribution is 2.32. The van der Waals surface area contributed by atoms with Gasteiger partial charge in [-0.15, -0.1) is 0 Å². The number of nitrogens with one attached hydrogen (secondary N) is 1. The van der Waals surface area contributed by atoms with Crippen LogP contribution in [0.4, 0.5) is 0 Å². The smallest absolute Gasteiger partial charge is 0.209 e. The molecule has 1 aliphatic heterocycles. The van der Waals surface area contributed by atoms with Gasteiger partial charge in [-0.3, -0.25) is 0 Å². The molecule has 1 unspecified atom stereocenters. The summed E-state index contributed by atoms with van der Waals surface area (Å²) in [4.78, 5) is 0.709. The van der Waals surface area contributed by atoms with E-state index in [-0.39, 0.29) is 6.04 Å². The monoisotopic (exact) mass is 229 g/mol. The van der Waals surface area contributed by atoms with E-state index in [0.717, 1.165) is 38.5 Å². The lowest BCUT2D eigenvalue weighted by Crippen LogP contribution is -2.38. The van der Waals surface area contributed by atoms with Gasteiger partial charge < -0.3 is 0 Å². The van der Waals surface area contributed by atoms with E-state index < -0.39 is 10.0 Å². The molecule has 1 aliphatic carbocycles. The van der Waals surface area contributed by atoms with Crippen LogP contribution in [0.25, 0.3) is 0 Å². The average Bonchev–Trinajstić information content (AvgIpc) is 2.17. The lowest BCUT2D eigenvalue weighted by molar-refractivity contribution is 0.522. The van der Waals surface area contributed by atoms with E-state index in [1.165, 1.54) is 12.0 Å². The van der Waals surface area contributed by atoms with Crippen molar-refractivity contribution in [2.45, 2.75) is 57.9 Å². The molecule has 0 radical (unpaired) electrons. The molecule has 2 rings (SSSR count). The van der Waals surface area contributed by atoms with Gasteiger partial charge in [-0.2, -0.15) is 0 Å². The van der Waals surface area contributed by atoms with E-state index in [9.17, 15) is 8.42 Å². The number of sulfonamides is 1. The minimum atomic E-state index is -3.14. The summed E-state index contributed by atoms with van der Waals surface area (Å²) in [7, 11) is -3.14. The fourth-order valence-electron chi connectivity index (χ4n) is 2.50. The van der Waals surface area contributed by atoms with Crippen molar-refractivity contribution in [3.8, 4) is 0 Å². The summed E-state index contributed by atoms with van der Waals surface area (Å²) in [6.07, 6.45) is 7.23. The van der Waals surface area contributed by atoms with Gasteiger partial charge in [0.2, 0.25) is 10.0 Å². The first kappa shape index (κ1) is 11.1. The van der Waals surface area contributed by atoms with Crippen LogP contribution in [0.5, 0.6) is 0 Å². The normalized spacial score (nSPS) is 31.7. The summed E-state index contributed by atoms with van der Waals surface area (Å²) in [5, 5.41) is 0. The molecule has 0 spiro atoms. The van der Waals surface area contributed by atoms with Gasteiger partial charge in [0.05, 0.1) is 4.91 Å². The van der Waals surface area contributed by atoms with Crippen LogP contribution in [0.15, 0.2) is 10.5 Å². The first-order valence-electron chi connectivity index (χ1n) is 5.83. The summed E-state index contributed by atoms with van der Waals surface area (Å²) in [6, 6.07) is 0.0999. The van der Waals surface area contributed by atoms with Crippen molar-refractivity contribution in [1.29, 1.82) is 0 Å². The highest BCUT2D eigenvalue weighted by molar-refractivity contribution is 7.93. The molecule has 2 aliphatic rings. The Kier molecular flexibility index (Phi) is 3.16. The van der Waals surface area contributed by atoms with Gasteiger partial charge in [-0.05, 0) is 45.4 Å². The third-order valence-corrected chi connectivity index (χ3v) is 5.19. The summed E-state index contributed by atoms with van der Waals surface area (Å²) < 4.78 is 26.6. The van der Waals surface area contributed by atoms with E-state index >= 15 is 0 Å². The Balaban J connectivity index is 2.27. The zero-order chi connectivity index (χ0) is 10.9. The molecule has 0 amide bonds. The molecular formula is C11H19NO2S. The van der Waals surface area contributed by atoms with Crippen LogP contribution in [0.2, 0.25) is 0 Å². The Morgan fingerprint density at radius 2 is 1.80 bits per heavy atom. The average molecular weight is 229 g/mol. The Morgan fingerprint density at radius 3 is 2.40 bits per heavy atom. The Labute approximate surface area is 92.0 Å². The van der Waals surface area contributed by atoms with Crippen LogP contribution in [0, 0.1) is 0 Å². The van der Waals surface area contributed by atoms with Gasteiger partial charge in [0.25, 0.3) is 0 Å². The highest BCUT2D eigenvalue weighted by atomic mass is 32.2. The summed E-state index contributed by atoms with van der Waals surface area (Å²) in [6.45, 7) is 1.93. The van der Waals surface area contributed by atoms with Crippen molar-refractivity contribution < 1.29 is 8.42 Å². The van der Waals surface area contributed by atoms with Crippen molar-refractivity contribution in [1.82, 2.24) is 4.72 Å². The van der Waals surface area contributed by atoms with Gasteiger partial charge in [-0.25, -0.2) is 13.1 Å². The van der Waals surface area contributed by atoms with Gasteiger partial charge in [0.15, 0.2) is 0 Å². The van der Waals surface area contributed by atoms with Crippen molar-refractivity contribution in [3.05, 3.63) is 10.5 Å². The topological polar surface area (TPSA) is 46.2 Å². The van der Waals surface area contributed by atoms with Gasteiger partial charge in [0, 0.05) is 6.04 Å². The maximum atomic E-state index is 11.9. The van der Waals surface area contributed by atoms with Crippen LogP contribution in [-0.4, -0.2) is 14.5 Å². The van der Waals surface area contributed by atoms with Crippen LogP contribution in [0.1, 0.15) is 51.9 Å². The number of allylic oxidation sites excluding steroid dienone is 2. The Morgan fingerprint density at radius 1 is 1.13 bits per heavy atom. The molecule has 1 saturated heterocycles. The van der Waals surface area contributed by atoms with E-state index in [1.54, 1.807) is 0 Å². The van der Waals surface area contributed by atoms with E-state index in [2.05, 4.69) is 4.72 Å². The lowest BCUT2D eigenvalue weighted by atomic mass is 9.93. The van der Waals surface area contributed by atoms with Gasteiger partial charge in [-0.1, -0.05) is 12.0 Å². The Bertz CT molecular complexity index is 362. The Hall–Kier alpha value is -0.350. The van der Waals surface area contributed by atoms with Crippen molar-refractivity contribution in [3.63, 3.8) is 0 Å². The third-order valence-electron chi connectivity index (χ3n) is 3.34. The quantitative estimate of drug-likeness (QED) is 0.693. The molecule has 0 aromatic rings. The predicted octanol–water partition coefficient (Wildman–Crippen LogP) is 2.31. The second-order valence-corrected chi connectivity index (χ2v) is 6.38. The molecule has 0 aromatic heterocycles. The van der Waals surface area contributed by atoms with Crippen LogP contribution in [-0.2, 0) is 10.0 Å². The second kappa shape index (κ2) is 4.26. The zero-order valence-electron chi connectivity index (χ0n) is 9.25. The van der Waals surface area contributed by atoms with Crippen molar-refractivity contribution in [2.75, 3.05) is 0 Å². The fraction of sp³-hybridized carbons (Fsp3) is 0.818. The standard InChI is InChI=1S/C11H19NO2S/c1-9-7-8-11(15(13,14)12-9)10-5-3-2-4-6-10/h9,12H,2-8H2,1H3. The van der Waals surface area contributed by atoms with Crippen LogP contribution < -0.4 is 4.72 Å². The number of hydrogen-bond acceptors (Lipinski definition) is 2. The SMILES string of the molecule is CC1CCC(=C2CCCCC2)S(=O)(=O)N1. The molecule has 1 saturated carbocycles. The first-order valence-corrected chi connectivity index (χ1v) is 7.31. The molecule has 2 fully saturated rings. The maximum Gasteiger partial charge on any atom is 0.236 e. The van der Waals surface area contributed by atoms with Gasteiger partial charge >= 0.3 is 0 Å². The van der Waals surface area contributed by atoms with E-state index in [1.807, 2.05) is 6.92 Å². The lowest BCUT2D eigenvalue weighted by Gasteiger charge is -2.26. The predicted molar refractivity (Wildman–Crippen MR) is 60.9 cm³/mol. The molecule has 1 atom stereocenters. The maximum absolute atomic E-state index is 11.9. The third kappa shape index (κ3) is 2.42. The van der Waals surface area contributed by atoms with E-state index in [4.69, 9.17) is 0 Å². The minimum Gasteiger partial charge on any atom is -0.209 e. The summed E-state index contributed by atoms with van der Waals surface area (Å²) in [5.74, 6) is 0. The summed E-state index contributed by atoms with van der Waals surface area (Å²) in [5.41, 5.74) is 1.20. The molecular weight excluding hydrogens is 210 g/mol. The second-order valence-electron chi connectivity index (χ2n) is 4.65. The fourth-order valence-corrected chi connectivity index (χ4v) is 4.26. The van der Waals surface area contributed by atoms with Crippen molar-refractivity contribution >= 4 is 10.0 Å². The molecule has 1 N–H and O–H groups in total. The largest absolute Gasteiger partial charge is 0.236 e. The summed E-state index contributed by atoms with van der Waals surface area (Å²) >= 11 is 0. The number of hydrogen-bond donors (Lipinski definition) is 1.